The van der Waals surface area contributed by atoms with E-state index >= 15 is 0 Å². The molecular weight excluding hydrogens is 233 g/mol. The zero-order valence-corrected chi connectivity index (χ0v) is 14.3. The second-order valence-corrected chi connectivity index (χ2v) is 6.60. The molecule has 0 radical (unpaired) electrons. The van der Waals surface area contributed by atoms with Crippen molar-refractivity contribution in [2.75, 3.05) is 0 Å². The minimum absolute atomic E-state index is 0.00500. The van der Waals surface area contributed by atoms with Crippen LogP contribution in [0.25, 0.3) is 0 Å². The van der Waals surface area contributed by atoms with E-state index < -0.39 is 0 Å². The summed E-state index contributed by atoms with van der Waals surface area (Å²) < 4.78 is 0. The molecule has 0 aromatic rings. The predicted molar refractivity (Wildman–Crippen MR) is 85.0 cm³/mol. The van der Waals surface area contributed by atoms with Crippen LogP contribution in [0.1, 0.15) is 62.3 Å². The Kier molecular flexibility index (Phi) is 7.70. The fourth-order valence-corrected chi connectivity index (χ4v) is 3.15. The van der Waals surface area contributed by atoms with Crippen molar-refractivity contribution in [3.63, 3.8) is 0 Å². The minimum Gasteiger partial charge on any atom is -0.323 e. The van der Waals surface area contributed by atoms with Gasteiger partial charge in [0, 0.05) is 0 Å². The average molecular weight is 265 g/mol. The van der Waals surface area contributed by atoms with Crippen molar-refractivity contribution in [1.82, 2.24) is 9.62 Å². The summed E-state index contributed by atoms with van der Waals surface area (Å²) >= 11 is 0. The average Bonchev–Trinajstić information content (AvgIpc) is 2.24. The summed E-state index contributed by atoms with van der Waals surface area (Å²) in [6, 6.07) is 4.19. The van der Waals surface area contributed by atoms with Crippen LogP contribution >= 0.6 is 0 Å². The van der Waals surface area contributed by atoms with Gasteiger partial charge in [-0.05, 0) is 24.2 Å². The third-order valence-electron chi connectivity index (χ3n) is 3.65. The first-order chi connectivity index (χ1) is 8.64. The van der Waals surface area contributed by atoms with E-state index in [1.807, 2.05) is 6.92 Å². The molecule has 0 saturated heterocycles. The van der Waals surface area contributed by atoms with Crippen LogP contribution in [-0.4, -0.2) is 40.8 Å². The molecule has 0 amide bonds. The molecule has 0 bridgehead atoms. The van der Waals surface area contributed by atoms with Gasteiger partial charge in [-0.3, -0.25) is 0 Å². The summed E-state index contributed by atoms with van der Waals surface area (Å²) in [6.07, 6.45) is 0. The number of nitrogens with zero attached hydrogens (tertiary/aromatic N) is 3. The SMILES string of the molecule is CC(C#N)B(N(C(C)C)C(C)C)N(C(C)C)C(C)C. The van der Waals surface area contributed by atoms with Crippen LogP contribution in [0.4, 0.5) is 0 Å². The van der Waals surface area contributed by atoms with E-state index in [0.717, 1.165) is 0 Å². The van der Waals surface area contributed by atoms with Gasteiger partial charge in [0.15, 0.2) is 0 Å². The topological polar surface area (TPSA) is 30.3 Å². The maximum Gasteiger partial charge on any atom is 0.329 e. The number of rotatable bonds is 7. The van der Waals surface area contributed by atoms with Gasteiger partial charge in [-0.15, -0.1) is 0 Å². The molecule has 0 N–H and O–H groups in total. The Hall–Kier alpha value is -0.525. The largest absolute Gasteiger partial charge is 0.329 e. The van der Waals surface area contributed by atoms with E-state index in [9.17, 15) is 5.26 Å². The molecule has 0 rings (SSSR count). The lowest BCUT2D eigenvalue weighted by atomic mass is 9.57. The van der Waals surface area contributed by atoms with Crippen LogP contribution in [0.15, 0.2) is 0 Å². The molecule has 0 fully saturated rings. The second-order valence-electron chi connectivity index (χ2n) is 6.60. The third-order valence-corrected chi connectivity index (χ3v) is 3.65. The van der Waals surface area contributed by atoms with Crippen molar-refractivity contribution in [3.8, 4) is 6.07 Å². The molecule has 0 aliphatic carbocycles. The highest BCUT2D eigenvalue weighted by molar-refractivity contribution is 6.55. The van der Waals surface area contributed by atoms with Crippen LogP contribution in [0, 0.1) is 11.3 Å². The summed E-state index contributed by atoms with van der Waals surface area (Å²) in [5.41, 5.74) is 0. The van der Waals surface area contributed by atoms with Crippen molar-refractivity contribution in [1.29, 1.82) is 5.26 Å². The molecule has 19 heavy (non-hydrogen) atoms. The molecule has 0 spiro atoms. The Balaban J connectivity index is 5.58. The van der Waals surface area contributed by atoms with Crippen LogP contribution in [0.3, 0.4) is 0 Å². The maximum absolute atomic E-state index is 9.43. The Labute approximate surface area is 121 Å². The van der Waals surface area contributed by atoms with E-state index in [-0.39, 0.29) is 12.8 Å². The second kappa shape index (κ2) is 7.92. The van der Waals surface area contributed by atoms with E-state index in [4.69, 9.17) is 0 Å². The molecule has 0 aliphatic heterocycles. The maximum atomic E-state index is 9.43. The van der Waals surface area contributed by atoms with Gasteiger partial charge in [-0.25, -0.2) is 0 Å². The first kappa shape index (κ1) is 18.5. The zero-order valence-electron chi connectivity index (χ0n) is 14.3. The molecule has 4 heteroatoms. The number of hydrogen-bond donors (Lipinski definition) is 0. The molecule has 1 atom stereocenters. The molecule has 110 valence electrons. The Morgan fingerprint density at radius 3 is 1.11 bits per heavy atom. The normalized spacial score (nSPS) is 14.0. The monoisotopic (exact) mass is 265 g/mol. The molecule has 0 aromatic carbocycles. The van der Waals surface area contributed by atoms with E-state index in [1.165, 1.54) is 0 Å². The van der Waals surface area contributed by atoms with Crippen molar-refractivity contribution < 1.29 is 0 Å². The third kappa shape index (κ3) is 4.82. The molecular formula is C15H32BN3. The molecule has 0 aromatic heterocycles. The quantitative estimate of drug-likeness (QED) is 0.658. The first-order valence-electron chi connectivity index (χ1n) is 7.59. The van der Waals surface area contributed by atoms with Crippen LogP contribution in [0.5, 0.6) is 0 Å². The van der Waals surface area contributed by atoms with Gasteiger partial charge in [-0.2, -0.15) is 5.26 Å². The zero-order chi connectivity index (χ0) is 15.3. The van der Waals surface area contributed by atoms with Gasteiger partial charge in [0.1, 0.15) is 0 Å². The minimum atomic E-state index is -0.00500. The van der Waals surface area contributed by atoms with Gasteiger partial charge in [-0.1, -0.05) is 62.3 Å². The smallest absolute Gasteiger partial charge is 0.323 e. The van der Waals surface area contributed by atoms with Gasteiger partial charge >= 0.3 is 6.98 Å². The lowest BCUT2D eigenvalue weighted by Gasteiger charge is -2.46. The van der Waals surface area contributed by atoms with Crippen LogP contribution in [0.2, 0.25) is 5.82 Å². The highest BCUT2D eigenvalue weighted by atomic mass is 15.3. The summed E-state index contributed by atoms with van der Waals surface area (Å²) in [6.45, 7) is 20.0. The van der Waals surface area contributed by atoms with Crippen molar-refractivity contribution in [2.45, 2.75) is 92.3 Å². The van der Waals surface area contributed by atoms with Crippen molar-refractivity contribution in [3.05, 3.63) is 0 Å². The van der Waals surface area contributed by atoms with Gasteiger partial charge < -0.3 is 9.62 Å². The summed E-state index contributed by atoms with van der Waals surface area (Å²) in [4.78, 5) is 4.93. The fourth-order valence-electron chi connectivity index (χ4n) is 3.15. The van der Waals surface area contributed by atoms with E-state index in [1.54, 1.807) is 0 Å². The molecule has 0 aliphatic rings. The predicted octanol–water partition coefficient (Wildman–Crippen LogP) is 3.63. The Morgan fingerprint density at radius 2 is 0.947 bits per heavy atom. The van der Waals surface area contributed by atoms with E-state index in [2.05, 4.69) is 71.1 Å². The number of hydrogen-bond acceptors (Lipinski definition) is 3. The molecule has 3 nitrogen and oxygen atoms in total. The molecule has 0 heterocycles. The van der Waals surface area contributed by atoms with Crippen LogP contribution in [-0.2, 0) is 0 Å². The van der Waals surface area contributed by atoms with Crippen LogP contribution < -0.4 is 0 Å². The lowest BCUT2D eigenvalue weighted by molar-refractivity contribution is 0.218. The van der Waals surface area contributed by atoms with Gasteiger partial charge in [0.2, 0.25) is 0 Å². The highest BCUT2D eigenvalue weighted by Crippen LogP contribution is 2.24. The Bertz CT molecular complexity index is 258. The fraction of sp³-hybridized carbons (Fsp3) is 0.933. The van der Waals surface area contributed by atoms with E-state index in [0.29, 0.717) is 24.2 Å². The summed E-state index contributed by atoms with van der Waals surface area (Å²) in [7, 11) is 0. The summed E-state index contributed by atoms with van der Waals surface area (Å²) in [5.74, 6) is -0.00500. The van der Waals surface area contributed by atoms with Crippen molar-refractivity contribution >= 4 is 6.98 Å². The summed E-state index contributed by atoms with van der Waals surface area (Å²) in [5, 5.41) is 9.43. The standard InChI is InChI=1S/C15H32BN3/c1-11(2)18(12(3)4)16(15(9)10-17)19(13(5)6)14(7)8/h11-15H,1-9H3. The Morgan fingerprint density at radius 1 is 0.684 bits per heavy atom. The first-order valence-corrected chi connectivity index (χ1v) is 7.59. The molecule has 0 saturated carbocycles. The molecule has 1 unspecified atom stereocenters. The van der Waals surface area contributed by atoms with Crippen molar-refractivity contribution in [2.24, 2.45) is 0 Å². The van der Waals surface area contributed by atoms with Gasteiger partial charge in [0.05, 0.1) is 11.9 Å². The lowest BCUT2D eigenvalue weighted by Crippen LogP contribution is -2.63. The van der Waals surface area contributed by atoms with Gasteiger partial charge in [0.25, 0.3) is 0 Å². The highest BCUT2D eigenvalue weighted by Gasteiger charge is 2.40. The number of nitriles is 1.